The Balaban J connectivity index is 1.89. The first-order valence-corrected chi connectivity index (χ1v) is 6.35. The quantitative estimate of drug-likeness (QED) is 0.840. The summed E-state index contributed by atoms with van der Waals surface area (Å²) >= 11 is 0. The first kappa shape index (κ1) is 12.0. The Morgan fingerprint density at radius 1 is 1.42 bits per heavy atom. The maximum atomic E-state index is 12.1. The van der Waals surface area contributed by atoms with Gasteiger partial charge >= 0.3 is 5.97 Å². The molecule has 0 saturated heterocycles. The van der Waals surface area contributed by atoms with Gasteiger partial charge in [0, 0.05) is 5.41 Å². The van der Waals surface area contributed by atoms with Gasteiger partial charge in [-0.2, -0.15) is 0 Å². The number of rotatable bonds is 2. The van der Waals surface area contributed by atoms with Gasteiger partial charge in [-0.25, -0.2) is 9.78 Å². The molecule has 0 aliphatic heterocycles. The molecule has 2 aromatic rings. The van der Waals surface area contributed by atoms with Crippen LogP contribution in [0.15, 0.2) is 36.8 Å². The summed E-state index contributed by atoms with van der Waals surface area (Å²) in [5.41, 5.74) is 2.68. The average Bonchev–Trinajstić information content (AvgIpc) is 2.96. The number of fused-ring (bicyclic) bond motifs is 1. The van der Waals surface area contributed by atoms with Gasteiger partial charge in [0.25, 0.3) is 0 Å². The summed E-state index contributed by atoms with van der Waals surface area (Å²) in [6.07, 6.45) is 3.67. The lowest BCUT2D eigenvalue weighted by molar-refractivity contribution is -0.00234. The van der Waals surface area contributed by atoms with E-state index < -0.39 is 0 Å². The number of carbonyl (C=O) groups excluding carboxylic acids is 1. The summed E-state index contributed by atoms with van der Waals surface area (Å²) in [6.45, 7) is 4.25. The smallest absolute Gasteiger partial charge is 0.357 e. The lowest BCUT2D eigenvalue weighted by atomic mass is 9.87. The van der Waals surface area contributed by atoms with Crippen LogP contribution in [-0.4, -0.2) is 15.9 Å². The topological polar surface area (TPSA) is 55.0 Å². The lowest BCUT2D eigenvalue weighted by Crippen LogP contribution is -2.23. The van der Waals surface area contributed by atoms with Crippen molar-refractivity contribution >= 4 is 5.97 Å². The van der Waals surface area contributed by atoms with E-state index in [1.807, 2.05) is 18.2 Å². The second-order valence-electron chi connectivity index (χ2n) is 5.61. The van der Waals surface area contributed by atoms with Crippen LogP contribution in [0.4, 0.5) is 0 Å². The number of nitrogens with zero attached hydrogens (tertiary/aromatic N) is 1. The number of aromatic nitrogens is 2. The number of aromatic amines is 1. The molecular weight excluding hydrogens is 240 g/mol. The van der Waals surface area contributed by atoms with Crippen LogP contribution in [0, 0.1) is 5.41 Å². The highest BCUT2D eigenvalue weighted by Gasteiger charge is 2.41. The molecule has 19 heavy (non-hydrogen) atoms. The standard InChI is InChI=1S/C15H16N2O2/c1-15(2)7-10-5-3-4-6-11(10)13(15)19-14(18)12-8-16-9-17-12/h3-6,8-9,13H,7H2,1-2H3,(H,16,17). The average molecular weight is 256 g/mol. The van der Waals surface area contributed by atoms with Gasteiger partial charge in [-0.15, -0.1) is 0 Å². The van der Waals surface area contributed by atoms with Gasteiger partial charge in [-0.3, -0.25) is 0 Å². The van der Waals surface area contributed by atoms with Crippen molar-refractivity contribution in [2.24, 2.45) is 5.41 Å². The molecule has 1 unspecified atom stereocenters. The number of H-pyrrole nitrogens is 1. The molecule has 4 nitrogen and oxygen atoms in total. The second kappa shape index (κ2) is 4.23. The minimum atomic E-state index is -0.354. The first-order chi connectivity index (χ1) is 9.08. The molecule has 1 aliphatic rings. The fourth-order valence-electron chi connectivity index (χ4n) is 2.72. The van der Waals surface area contributed by atoms with E-state index in [0.717, 1.165) is 12.0 Å². The van der Waals surface area contributed by atoms with Gasteiger partial charge in [-0.05, 0) is 17.5 Å². The molecule has 0 amide bonds. The number of ether oxygens (including phenoxy) is 1. The van der Waals surface area contributed by atoms with Crippen LogP contribution in [0.5, 0.6) is 0 Å². The molecule has 4 heteroatoms. The van der Waals surface area contributed by atoms with Crippen LogP contribution in [0.25, 0.3) is 0 Å². The van der Waals surface area contributed by atoms with Gasteiger partial charge in [0.2, 0.25) is 0 Å². The Kier molecular flexibility index (Phi) is 2.66. The van der Waals surface area contributed by atoms with Crippen molar-refractivity contribution in [1.82, 2.24) is 9.97 Å². The van der Waals surface area contributed by atoms with E-state index in [0.29, 0.717) is 5.69 Å². The Morgan fingerprint density at radius 3 is 2.95 bits per heavy atom. The fourth-order valence-corrected chi connectivity index (χ4v) is 2.72. The number of hydrogen-bond acceptors (Lipinski definition) is 3. The fraction of sp³-hybridized carbons (Fsp3) is 0.333. The van der Waals surface area contributed by atoms with E-state index >= 15 is 0 Å². The highest BCUT2D eigenvalue weighted by atomic mass is 16.5. The normalized spacial score (nSPS) is 20.0. The molecule has 98 valence electrons. The van der Waals surface area contributed by atoms with Crippen molar-refractivity contribution in [3.8, 4) is 0 Å². The summed E-state index contributed by atoms with van der Waals surface area (Å²) in [5, 5.41) is 0. The Morgan fingerprint density at radius 2 is 2.21 bits per heavy atom. The molecule has 1 aliphatic carbocycles. The van der Waals surface area contributed by atoms with E-state index in [1.54, 1.807) is 0 Å². The molecule has 0 fully saturated rings. The molecular formula is C15H16N2O2. The van der Waals surface area contributed by atoms with Crippen molar-refractivity contribution in [1.29, 1.82) is 0 Å². The predicted octanol–water partition coefficient (Wildman–Crippen LogP) is 2.89. The van der Waals surface area contributed by atoms with Crippen LogP contribution in [0.2, 0.25) is 0 Å². The summed E-state index contributed by atoms with van der Waals surface area (Å²) in [6, 6.07) is 8.14. The number of benzene rings is 1. The number of esters is 1. The zero-order valence-electron chi connectivity index (χ0n) is 11.0. The number of hydrogen-bond donors (Lipinski definition) is 1. The lowest BCUT2D eigenvalue weighted by Gasteiger charge is -2.27. The summed E-state index contributed by atoms with van der Waals surface area (Å²) in [7, 11) is 0. The molecule has 0 saturated carbocycles. The molecule has 3 rings (SSSR count). The highest BCUT2D eigenvalue weighted by Crippen LogP contribution is 2.47. The van der Waals surface area contributed by atoms with E-state index in [1.165, 1.54) is 18.1 Å². The van der Waals surface area contributed by atoms with Crippen molar-refractivity contribution in [2.75, 3.05) is 0 Å². The Labute approximate surface area is 111 Å². The van der Waals surface area contributed by atoms with Gasteiger partial charge in [-0.1, -0.05) is 38.1 Å². The number of carbonyl (C=O) groups is 1. The van der Waals surface area contributed by atoms with E-state index in [4.69, 9.17) is 4.74 Å². The third-order valence-electron chi connectivity index (χ3n) is 3.64. The van der Waals surface area contributed by atoms with Crippen molar-refractivity contribution in [2.45, 2.75) is 26.4 Å². The minimum absolute atomic E-state index is 0.0840. The molecule has 1 atom stereocenters. The van der Waals surface area contributed by atoms with Gasteiger partial charge in [0.15, 0.2) is 0 Å². The molecule has 1 heterocycles. The summed E-state index contributed by atoms with van der Waals surface area (Å²) < 4.78 is 5.69. The van der Waals surface area contributed by atoms with E-state index in [9.17, 15) is 4.79 Å². The molecule has 1 aromatic carbocycles. The van der Waals surface area contributed by atoms with Gasteiger partial charge in [0.1, 0.15) is 11.8 Å². The Bertz CT molecular complexity index is 602. The first-order valence-electron chi connectivity index (χ1n) is 6.35. The summed E-state index contributed by atoms with van der Waals surface area (Å²) in [4.78, 5) is 18.7. The van der Waals surface area contributed by atoms with Crippen LogP contribution < -0.4 is 0 Å². The number of nitrogens with one attached hydrogen (secondary N) is 1. The third-order valence-corrected chi connectivity index (χ3v) is 3.64. The predicted molar refractivity (Wildman–Crippen MR) is 70.7 cm³/mol. The SMILES string of the molecule is CC1(C)Cc2ccccc2C1OC(=O)c1cnc[nH]1. The van der Waals surface area contributed by atoms with Crippen LogP contribution >= 0.6 is 0 Å². The monoisotopic (exact) mass is 256 g/mol. The maximum absolute atomic E-state index is 12.1. The molecule has 0 bridgehead atoms. The highest BCUT2D eigenvalue weighted by molar-refractivity contribution is 5.87. The molecule has 1 aromatic heterocycles. The van der Waals surface area contributed by atoms with E-state index in [2.05, 4.69) is 29.9 Å². The minimum Gasteiger partial charge on any atom is -0.452 e. The van der Waals surface area contributed by atoms with Crippen LogP contribution in [0.1, 0.15) is 41.6 Å². The van der Waals surface area contributed by atoms with Crippen LogP contribution in [0.3, 0.4) is 0 Å². The van der Waals surface area contributed by atoms with Gasteiger partial charge in [0.05, 0.1) is 12.5 Å². The zero-order valence-corrected chi connectivity index (χ0v) is 11.0. The van der Waals surface area contributed by atoms with Crippen molar-refractivity contribution in [3.63, 3.8) is 0 Å². The van der Waals surface area contributed by atoms with Crippen LogP contribution in [-0.2, 0) is 11.2 Å². The molecule has 1 N–H and O–H groups in total. The maximum Gasteiger partial charge on any atom is 0.357 e. The zero-order chi connectivity index (χ0) is 13.5. The molecule has 0 radical (unpaired) electrons. The van der Waals surface area contributed by atoms with E-state index in [-0.39, 0.29) is 17.5 Å². The number of imidazole rings is 1. The van der Waals surface area contributed by atoms with Crippen molar-refractivity contribution < 1.29 is 9.53 Å². The summed E-state index contributed by atoms with van der Waals surface area (Å²) in [5.74, 6) is -0.354. The second-order valence-corrected chi connectivity index (χ2v) is 5.61. The molecule has 0 spiro atoms. The Hall–Kier alpha value is -2.10. The van der Waals surface area contributed by atoms with Crippen molar-refractivity contribution in [3.05, 3.63) is 53.6 Å². The van der Waals surface area contributed by atoms with Gasteiger partial charge < -0.3 is 9.72 Å². The largest absolute Gasteiger partial charge is 0.452 e. The third kappa shape index (κ3) is 2.03.